The number of carbonyl (C=O) groups is 3. The largest absolute Gasteiger partial charge is 0.487 e. The molecule has 0 spiro atoms. The van der Waals surface area contributed by atoms with Gasteiger partial charge in [0, 0.05) is 43.8 Å². The number of rotatable bonds is 7. The average Bonchev–Trinajstić information content (AvgIpc) is 3.41. The van der Waals surface area contributed by atoms with Crippen LogP contribution in [0.4, 0.5) is 26.2 Å². The van der Waals surface area contributed by atoms with E-state index in [0.717, 1.165) is 5.69 Å². The van der Waals surface area contributed by atoms with Crippen molar-refractivity contribution in [3.05, 3.63) is 58.1 Å². The highest BCUT2D eigenvalue weighted by atomic mass is 19.1. The van der Waals surface area contributed by atoms with Crippen LogP contribution < -0.4 is 30.6 Å². The van der Waals surface area contributed by atoms with E-state index in [1.54, 1.807) is 11.5 Å². The summed E-state index contributed by atoms with van der Waals surface area (Å²) in [6.07, 6.45) is 0.242. The summed E-state index contributed by atoms with van der Waals surface area (Å²) in [5, 5.41) is 0.0774. The Kier molecular flexibility index (Phi) is 7.66. The van der Waals surface area contributed by atoms with Crippen LogP contribution in [0.25, 0.3) is 10.9 Å². The van der Waals surface area contributed by atoms with E-state index in [1.807, 2.05) is 36.1 Å². The van der Waals surface area contributed by atoms with Gasteiger partial charge in [-0.05, 0) is 51.1 Å². The second kappa shape index (κ2) is 11.5. The zero-order valence-electron chi connectivity index (χ0n) is 24.7. The summed E-state index contributed by atoms with van der Waals surface area (Å²) in [7, 11) is 0. The number of nitrogens with two attached hydrogens (primary N) is 1. The van der Waals surface area contributed by atoms with Gasteiger partial charge in [-0.1, -0.05) is 0 Å². The minimum Gasteiger partial charge on any atom is -0.487 e. The van der Waals surface area contributed by atoms with E-state index in [2.05, 4.69) is 4.90 Å². The minimum atomic E-state index is -0.870. The molecule has 12 nitrogen and oxygen atoms in total. The van der Waals surface area contributed by atoms with Crippen molar-refractivity contribution in [2.24, 2.45) is 5.73 Å². The summed E-state index contributed by atoms with van der Waals surface area (Å²) >= 11 is 0. The van der Waals surface area contributed by atoms with Crippen LogP contribution in [0.5, 0.6) is 5.75 Å². The third kappa shape index (κ3) is 5.00. The monoisotopic (exact) mass is 607 g/mol. The number of hydrogen-bond acceptors (Lipinski definition) is 10. The number of halogens is 1. The SMILES string of the molecule is CCOC(=O)c1cn2c3c(c(N4CCN(c5ccc(N6CC([C@H](N)C(C)=O)OC6=O)cc5)CC4)c(F)cc3c1=O)OCC2C. The van der Waals surface area contributed by atoms with E-state index >= 15 is 4.39 Å². The molecule has 44 heavy (non-hydrogen) atoms. The van der Waals surface area contributed by atoms with E-state index in [1.165, 1.54) is 24.1 Å². The Bertz CT molecular complexity index is 1700. The summed E-state index contributed by atoms with van der Waals surface area (Å²) in [6, 6.07) is 7.58. The maximum Gasteiger partial charge on any atom is 0.414 e. The van der Waals surface area contributed by atoms with Crippen LogP contribution in [0.2, 0.25) is 0 Å². The molecule has 232 valence electrons. The quantitative estimate of drug-likeness (QED) is 0.399. The van der Waals surface area contributed by atoms with Gasteiger partial charge < -0.3 is 34.3 Å². The van der Waals surface area contributed by atoms with Crippen molar-refractivity contribution in [1.29, 1.82) is 0 Å². The van der Waals surface area contributed by atoms with E-state index in [9.17, 15) is 19.2 Å². The Hall–Kier alpha value is -4.65. The average molecular weight is 608 g/mol. The molecule has 6 rings (SSSR count). The molecule has 2 unspecified atom stereocenters. The number of ketones is 1. The van der Waals surface area contributed by atoms with Crippen LogP contribution in [-0.2, 0) is 14.3 Å². The lowest BCUT2D eigenvalue weighted by Gasteiger charge is -2.39. The van der Waals surface area contributed by atoms with E-state index < -0.39 is 35.5 Å². The summed E-state index contributed by atoms with van der Waals surface area (Å²) in [6.45, 7) is 7.65. The third-order valence-corrected chi connectivity index (χ3v) is 8.46. The molecule has 4 heterocycles. The molecule has 3 atom stereocenters. The van der Waals surface area contributed by atoms with Crippen LogP contribution in [0, 0.1) is 5.82 Å². The molecule has 1 amide bonds. The maximum atomic E-state index is 15.8. The molecular formula is C31H34FN5O7. The number of Topliss-reactive ketones (excluding diaryl/α,β-unsaturated/α-hetero) is 1. The fraction of sp³-hybridized carbons (Fsp3) is 0.419. The zero-order valence-corrected chi connectivity index (χ0v) is 24.7. The third-order valence-electron chi connectivity index (χ3n) is 8.46. The molecule has 0 aliphatic carbocycles. The summed E-state index contributed by atoms with van der Waals surface area (Å²) in [4.78, 5) is 55.3. The van der Waals surface area contributed by atoms with Gasteiger partial charge in [0.15, 0.2) is 11.6 Å². The van der Waals surface area contributed by atoms with Gasteiger partial charge >= 0.3 is 12.1 Å². The Morgan fingerprint density at radius 3 is 2.41 bits per heavy atom. The highest BCUT2D eigenvalue weighted by Gasteiger charge is 2.38. The molecule has 0 bridgehead atoms. The molecule has 2 fully saturated rings. The highest BCUT2D eigenvalue weighted by Crippen LogP contribution is 2.42. The zero-order chi connectivity index (χ0) is 31.3. The van der Waals surface area contributed by atoms with Gasteiger partial charge in [-0.15, -0.1) is 0 Å². The van der Waals surface area contributed by atoms with Crippen LogP contribution in [0.15, 0.2) is 41.3 Å². The molecule has 0 saturated carbocycles. The Labute approximate surface area is 252 Å². The van der Waals surface area contributed by atoms with E-state index in [0.29, 0.717) is 48.8 Å². The molecule has 13 heteroatoms. The molecule has 3 aromatic rings. The Morgan fingerprint density at radius 1 is 1.09 bits per heavy atom. The van der Waals surface area contributed by atoms with Crippen molar-refractivity contribution in [1.82, 2.24) is 4.57 Å². The standard InChI is InChI=1S/C31H34FN5O7/c1-4-42-30(40)22-14-36-17(2)16-43-29-26(36)21(28(22)39)13-23(32)27(29)35-11-9-34(10-12-35)19-5-7-20(8-6-19)37-15-24(44-31(37)41)25(33)18(3)38/h5-8,13-14,17,24-25H,4,9-12,15-16,33H2,1-3H3/t17?,24?,25-/m1/s1. The first kappa shape index (κ1) is 29.4. The number of cyclic esters (lactones) is 1. The molecule has 2 saturated heterocycles. The van der Waals surface area contributed by atoms with Crippen molar-refractivity contribution in [3.8, 4) is 5.75 Å². The lowest BCUT2D eigenvalue weighted by Crippen LogP contribution is -2.47. The van der Waals surface area contributed by atoms with Crippen molar-refractivity contribution in [2.45, 2.75) is 39.0 Å². The predicted octanol–water partition coefficient (Wildman–Crippen LogP) is 2.84. The van der Waals surface area contributed by atoms with Crippen LogP contribution in [0.1, 0.15) is 37.2 Å². The van der Waals surface area contributed by atoms with Crippen molar-refractivity contribution in [2.75, 3.05) is 60.6 Å². The molecule has 3 aliphatic heterocycles. The molecule has 3 aliphatic rings. The first-order valence-electron chi connectivity index (χ1n) is 14.6. The number of benzene rings is 2. The highest BCUT2D eigenvalue weighted by molar-refractivity contribution is 5.98. The normalized spacial score (nSPS) is 20.4. The molecule has 2 N–H and O–H groups in total. The number of esters is 1. The molecule has 0 radical (unpaired) electrons. The topological polar surface area (TPSA) is 137 Å². The second-order valence-corrected chi connectivity index (χ2v) is 11.3. The number of piperazine rings is 1. The second-order valence-electron chi connectivity index (χ2n) is 11.3. The Balaban J connectivity index is 1.21. The van der Waals surface area contributed by atoms with Crippen molar-refractivity contribution < 1.29 is 33.0 Å². The number of ether oxygens (including phenoxy) is 3. The van der Waals surface area contributed by atoms with Crippen molar-refractivity contribution >= 4 is 45.8 Å². The van der Waals surface area contributed by atoms with E-state index in [4.69, 9.17) is 19.9 Å². The lowest BCUT2D eigenvalue weighted by molar-refractivity contribution is -0.120. The molecule has 2 aromatic carbocycles. The van der Waals surface area contributed by atoms with Crippen molar-refractivity contribution in [3.63, 3.8) is 0 Å². The predicted molar refractivity (Wildman–Crippen MR) is 161 cm³/mol. The summed E-state index contributed by atoms with van der Waals surface area (Å²) < 4.78 is 34.0. The van der Waals surface area contributed by atoms with Gasteiger partial charge in [-0.3, -0.25) is 14.5 Å². The van der Waals surface area contributed by atoms with Crippen LogP contribution >= 0.6 is 0 Å². The minimum absolute atomic E-state index is 0.0774. The molecule has 1 aromatic heterocycles. The summed E-state index contributed by atoms with van der Waals surface area (Å²) in [5.74, 6) is -1.28. The lowest BCUT2D eigenvalue weighted by atomic mass is 10.1. The van der Waals surface area contributed by atoms with Gasteiger partial charge in [0.1, 0.15) is 35.8 Å². The first-order chi connectivity index (χ1) is 21.1. The fourth-order valence-corrected chi connectivity index (χ4v) is 6.04. The first-order valence-corrected chi connectivity index (χ1v) is 14.6. The smallest absolute Gasteiger partial charge is 0.414 e. The van der Waals surface area contributed by atoms with Gasteiger partial charge in [0.2, 0.25) is 5.43 Å². The van der Waals surface area contributed by atoms with Crippen LogP contribution in [-0.4, -0.2) is 80.5 Å². The van der Waals surface area contributed by atoms with E-state index in [-0.39, 0.29) is 42.5 Å². The van der Waals surface area contributed by atoms with Gasteiger partial charge in [0.05, 0.1) is 30.1 Å². The van der Waals surface area contributed by atoms with Crippen LogP contribution in [0.3, 0.4) is 0 Å². The van der Waals surface area contributed by atoms with Gasteiger partial charge in [-0.2, -0.15) is 0 Å². The number of amides is 1. The number of anilines is 3. The van der Waals surface area contributed by atoms with Gasteiger partial charge in [0.25, 0.3) is 0 Å². The number of aromatic nitrogens is 1. The van der Waals surface area contributed by atoms with Gasteiger partial charge in [-0.25, -0.2) is 14.0 Å². The number of hydrogen-bond donors (Lipinski definition) is 1. The summed E-state index contributed by atoms with van der Waals surface area (Å²) in [5.41, 5.74) is 7.48. The Morgan fingerprint density at radius 2 is 1.75 bits per heavy atom. The number of carbonyl (C=O) groups excluding carboxylic acids is 3. The number of pyridine rings is 1. The molecular weight excluding hydrogens is 573 g/mol. The number of nitrogens with zero attached hydrogens (tertiary/aromatic N) is 4. The maximum absolute atomic E-state index is 15.8. The fourth-order valence-electron chi connectivity index (χ4n) is 6.04.